The molecule has 124 valence electrons. The number of thioether (sulfide) groups is 1. The fraction of sp³-hybridized carbons (Fsp3) is 0.846. The summed E-state index contributed by atoms with van der Waals surface area (Å²) in [4.78, 5) is 37.4. The van der Waals surface area contributed by atoms with Crippen LogP contribution in [0, 0.1) is 22.0 Å². The molecule has 22 heavy (non-hydrogen) atoms. The van der Waals surface area contributed by atoms with Crippen LogP contribution in [0.1, 0.15) is 32.1 Å². The molecular weight excluding hydrogens is 310 g/mol. The fourth-order valence-electron chi connectivity index (χ4n) is 2.90. The molecule has 1 saturated carbocycles. The van der Waals surface area contributed by atoms with Gasteiger partial charge in [-0.1, -0.05) is 24.6 Å². The quantitative estimate of drug-likeness (QED) is 0.538. The maximum atomic E-state index is 11.8. The molecule has 2 rings (SSSR count). The van der Waals surface area contributed by atoms with Gasteiger partial charge in [0.1, 0.15) is 6.04 Å². The minimum atomic E-state index is -0.734. The van der Waals surface area contributed by atoms with Crippen molar-refractivity contribution < 1.29 is 19.5 Å². The highest BCUT2D eigenvalue weighted by Gasteiger charge is 2.28. The van der Waals surface area contributed by atoms with Gasteiger partial charge in [-0.25, -0.2) is 0 Å². The van der Waals surface area contributed by atoms with Crippen molar-refractivity contribution in [3.8, 4) is 0 Å². The van der Waals surface area contributed by atoms with Crippen LogP contribution in [-0.4, -0.2) is 41.2 Å². The first kappa shape index (κ1) is 16.9. The van der Waals surface area contributed by atoms with E-state index >= 15 is 0 Å². The molecule has 9 heteroatoms. The zero-order chi connectivity index (χ0) is 15.9. The lowest BCUT2D eigenvalue weighted by Gasteiger charge is -2.27. The lowest BCUT2D eigenvalue weighted by Crippen LogP contribution is -2.43. The van der Waals surface area contributed by atoms with Gasteiger partial charge in [-0.05, 0) is 31.1 Å². The van der Waals surface area contributed by atoms with Gasteiger partial charge in [0.05, 0.1) is 6.61 Å². The molecule has 0 aromatic carbocycles. The average molecular weight is 331 g/mol. The number of hydrogen-bond donors (Lipinski definition) is 2. The molecule has 1 unspecified atom stereocenters. The molecule has 1 aliphatic carbocycles. The van der Waals surface area contributed by atoms with Gasteiger partial charge in [0.2, 0.25) is 5.91 Å². The summed E-state index contributed by atoms with van der Waals surface area (Å²) in [5, 5.41) is 14.8. The van der Waals surface area contributed by atoms with E-state index in [4.69, 9.17) is 0 Å². The molecule has 2 fully saturated rings. The van der Waals surface area contributed by atoms with Crippen LogP contribution in [-0.2, 0) is 9.63 Å². The van der Waals surface area contributed by atoms with Crippen LogP contribution in [0.5, 0.6) is 0 Å². The predicted molar refractivity (Wildman–Crippen MR) is 80.8 cm³/mol. The van der Waals surface area contributed by atoms with Crippen LogP contribution < -0.4 is 10.6 Å². The second kappa shape index (κ2) is 8.21. The van der Waals surface area contributed by atoms with Gasteiger partial charge in [0, 0.05) is 12.3 Å². The van der Waals surface area contributed by atoms with E-state index < -0.39 is 11.1 Å². The third-order valence-corrected chi connectivity index (χ3v) is 5.10. The van der Waals surface area contributed by atoms with Crippen molar-refractivity contribution >= 4 is 22.9 Å². The Hall–Kier alpha value is -1.51. The highest BCUT2D eigenvalue weighted by molar-refractivity contribution is 8.14. The minimum Gasteiger partial charge on any atom is -0.354 e. The van der Waals surface area contributed by atoms with Crippen LogP contribution in [0.4, 0.5) is 4.79 Å². The zero-order valence-electron chi connectivity index (χ0n) is 12.3. The van der Waals surface area contributed by atoms with Crippen molar-refractivity contribution in [2.75, 3.05) is 18.9 Å². The summed E-state index contributed by atoms with van der Waals surface area (Å²) in [6, 6.07) is -0.410. The molecule has 0 radical (unpaired) electrons. The number of hydrogen-bond acceptors (Lipinski definition) is 6. The lowest BCUT2D eigenvalue weighted by atomic mass is 9.81. The average Bonchev–Trinajstić information content (AvgIpc) is 2.93. The van der Waals surface area contributed by atoms with Gasteiger partial charge in [-0.2, -0.15) is 0 Å². The smallest absolute Gasteiger partial charge is 0.294 e. The topological polar surface area (TPSA) is 111 Å². The molecule has 0 aromatic heterocycles. The SMILES string of the molecule is O=C1NC(C(=O)NCCC2CCC(CO[N+](=O)[O-])CC2)CS1. The summed E-state index contributed by atoms with van der Waals surface area (Å²) in [5.74, 6) is 1.18. The Labute approximate surface area is 132 Å². The lowest BCUT2D eigenvalue weighted by molar-refractivity contribution is -0.759. The monoisotopic (exact) mass is 331 g/mol. The Kier molecular flexibility index (Phi) is 6.29. The molecule has 1 heterocycles. The molecule has 1 aliphatic heterocycles. The molecule has 0 aromatic rings. The Balaban J connectivity index is 1.56. The van der Waals surface area contributed by atoms with Crippen LogP contribution in [0.2, 0.25) is 0 Å². The molecule has 2 amide bonds. The first-order valence-electron chi connectivity index (χ1n) is 7.53. The highest BCUT2D eigenvalue weighted by Crippen LogP contribution is 2.30. The molecular formula is C13H21N3O5S. The number of carbonyl (C=O) groups is 2. The van der Waals surface area contributed by atoms with E-state index in [-0.39, 0.29) is 23.7 Å². The Morgan fingerprint density at radius 2 is 2.05 bits per heavy atom. The van der Waals surface area contributed by atoms with Gasteiger partial charge in [-0.3, -0.25) is 9.59 Å². The first-order valence-corrected chi connectivity index (χ1v) is 8.51. The number of nitrogens with zero attached hydrogens (tertiary/aromatic N) is 1. The van der Waals surface area contributed by atoms with Gasteiger partial charge in [0.15, 0.2) is 0 Å². The van der Waals surface area contributed by atoms with Gasteiger partial charge in [0.25, 0.3) is 10.3 Å². The second-order valence-corrected chi connectivity index (χ2v) is 6.77. The van der Waals surface area contributed by atoms with E-state index in [2.05, 4.69) is 15.5 Å². The summed E-state index contributed by atoms with van der Waals surface area (Å²) >= 11 is 1.13. The molecule has 8 nitrogen and oxygen atoms in total. The molecule has 0 spiro atoms. The van der Waals surface area contributed by atoms with Gasteiger partial charge < -0.3 is 15.5 Å². The first-order chi connectivity index (χ1) is 10.5. The normalized spacial score (nSPS) is 28.0. The van der Waals surface area contributed by atoms with Crippen LogP contribution in [0.25, 0.3) is 0 Å². The van der Waals surface area contributed by atoms with Crippen molar-refractivity contribution in [2.45, 2.75) is 38.1 Å². The third kappa shape index (κ3) is 5.36. The van der Waals surface area contributed by atoms with E-state index in [1.807, 2.05) is 0 Å². The molecule has 1 saturated heterocycles. The van der Waals surface area contributed by atoms with Crippen molar-refractivity contribution in [3.05, 3.63) is 10.1 Å². The molecule has 2 aliphatic rings. The predicted octanol–water partition coefficient (Wildman–Crippen LogP) is 1.33. The molecule has 2 N–H and O–H groups in total. The minimum absolute atomic E-state index is 0.119. The van der Waals surface area contributed by atoms with E-state index in [0.29, 0.717) is 18.2 Å². The van der Waals surface area contributed by atoms with E-state index in [9.17, 15) is 19.7 Å². The molecule has 1 atom stereocenters. The summed E-state index contributed by atoms with van der Waals surface area (Å²) in [6.45, 7) is 0.798. The third-order valence-electron chi connectivity index (χ3n) is 4.22. The largest absolute Gasteiger partial charge is 0.354 e. The number of amides is 2. The fourth-order valence-corrected chi connectivity index (χ4v) is 3.68. The van der Waals surface area contributed by atoms with E-state index in [1.54, 1.807) is 0 Å². The van der Waals surface area contributed by atoms with Gasteiger partial charge >= 0.3 is 0 Å². The Morgan fingerprint density at radius 1 is 1.36 bits per heavy atom. The zero-order valence-corrected chi connectivity index (χ0v) is 13.1. The van der Waals surface area contributed by atoms with Crippen molar-refractivity contribution in [1.29, 1.82) is 0 Å². The van der Waals surface area contributed by atoms with Crippen LogP contribution in [0.3, 0.4) is 0 Å². The highest BCUT2D eigenvalue weighted by atomic mass is 32.2. The second-order valence-electron chi connectivity index (χ2n) is 5.78. The van der Waals surface area contributed by atoms with E-state index in [0.717, 1.165) is 43.9 Å². The maximum Gasteiger partial charge on any atom is 0.294 e. The van der Waals surface area contributed by atoms with E-state index in [1.165, 1.54) is 0 Å². The standard InChI is InChI=1S/C13H21N3O5S/c17-12(11-8-22-13(18)15-11)14-6-5-9-1-3-10(4-2-9)7-21-16(19)20/h9-11H,1-8H2,(H,14,17)(H,15,18). The Morgan fingerprint density at radius 3 is 2.64 bits per heavy atom. The summed E-state index contributed by atoms with van der Waals surface area (Å²) in [5.41, 5.74) is 0. The van der Waals surface area contributed by atoms with Crippen LogP contribution >= 0.6 is 11.8 Å². The summed E-state index contributed by atoms with van der Waals surface area (Å²) in [6.07, 6.45) is 4.79. The van der Waals surface area contributed by atoms with Crippen molar-refractivity contribution in [1.82, 2.24) is 10.6 Å². The number of rotatable bonds is 7. The molecule has 0 bridgehead atoms. The maximum absolute atomic E-state index is 11.8. The van der Waals surface area contributed by atoms with Crippen LogP contribution in [0.15, 0.2) is 0 Å². The number of carbonyl (C=O) groups excluding carboxylic acids is 2. The Bertz CT molecular complexity index is 426. The summed E-state index contributed by atoms with van der Waals surface area (Å²) < 4.78 is 0. The number of nitrogens with one attached hydrogen (secondary N) is 2. The summed E-state index contributed by atoms with van der Waals surface area (Å²) in [7, 11) is 0. The van der Waals surface area contributed by atoms with Crippen molar-refractivity contribution in [2.24, 2.45) is 11.8 Å². The van der Waals surface area contributed by atoms with Gasteiger partial charge in [-0.15, -0.1) is 10.1 Å². The van der Waals surface area contributed by atoms with Crippen molar-refractivity contribution in [3.63, 3.8) is 0 Å².